The number of aliphatic hydroxyl groups excluding tert-OH is 1. The smallest absolute Gasteiger partial charge is 0.341 e. The van der Waals surface area contributed by atoms with Crippen LogP contribution in [0.5, 0.6) is 0 Å². The Morgan fingerprint density at radius 3 is 2.79 bits per heavy atom. The van der Waals surface area contributed by atoms with Crippen LogP contribution in [-0.4, -0.2) is 24.3 Å². The Kier molecular flexibility index (Phi) is 3.53. The maximum absolute atomic E-state index is 12.9. The van der Waals surface area contributed by atoms with Gasteiger partial charge in [0.1, 0.15) is 18.2 Å². The average Bonchev–Trinajstić information content (AvgIpc) is 2.18. The van der Waals surface area contributed by atoms with Gasteiger partial charge in [-0.2, -0.15) is 0 Å². The van der Waals surface area contributed by atoms with Crippen LogP contribution in [0.15, 0.2) is 18.2 Å². The molecule has 0 aromatic heterocycles. The van der Waals surface area contributed by atoms with Crippen molar-refractivity contribution in [3.05, 3.63) is 35.4 Å². The second kappa shape index (κ2) is 4.66. The van der Waals surface area contributed by atoms with Crippen LogP contribution in [-0.2, 0) is 4.74 Å². The van der Waals surface area contributed by atoms with Crippen molar-refractivity contribution in [2.24, 2.45) is 0 Å². The first-order chi connectivity index (χ1) is 6.65. The van der Waals surface area contributed by atoms with E-state index in [1.54, 1.807) is 0 Å². The predicted molar refractivity (Wildman–Crippen MR) is 43.7 cm³/mol. The summed E-state index contributed by atoms with van der Waals surface area (Å²) in [5, 5.41) is 8.34. The van der Waals surface area contributed by atoms with E-state index in [-0.39, 0.29) is 13.2 Å². The number of carbonyl (C=O) groups excluding carboxylic acids is 1. The summed E-state index contributed by atoms with van der Waals surface area (Å²) in [6, 6.07) is 2.48. The molecule has 0 unspecified atom stereocenters. The van der Waals surface area contributed by atoms with Crippen molar-refractivity contribution in [3.8, 4) is 0 Å². The third-order valence-electron chi connectivity index (χ3n) is 1.47. The molecule has 0 amide bonds. The minimum atomic E-state index is -0.990. The van der Waals surface area contributed by atoms with E-state index < -0.39 is 23.2 Å². The Morgan fingerprint density at radius 2 is 2.14 bits per heavy atom. The number of carbonyl (C=O) groups is 1. The van der Waals surface area contributed by atoms with Gasteiger partial charge in [0.15, 0.2) is 0 Å². The molecule has 0 heterocycles. The summed E-state index contributed by atoms with van der Waals surface area (Å²) >= 11 is 0. The number of rotatable bonds is 3. The summed E-state index contributed by atoms with van der Waals surface area (Å²) in [5.74, 6) is -2.56. The highest BCUT2D eigenvalue weighted by Gasteiger charge is 2.13. The molecule has 0 aliphatic rings. The molecule has 0 spiro atoms. The summed E-state index contributed by atoms with van der Waals surface area (Å²) in [6.07, 6.45) is 0. The average molecular weight is 202 g/mol. The molecule has 5 heteroatoms. The van der Waals surface area contributed by atoms with E-state index in [0.29, 0.717) is 0 Å². The molecule has 0 bridgehead atoms. The molecule has 0 aliphatic heterocycles. The minimum Gasteiger partial charge on any atom is -0.460 e. The second-order valence-corrected chi connectivity index (χ2v) is 2.48. The van der Waals surface area contributed by atoms with E-state index in [4.69, 9.17) is 5.11 Å². The molecule has 1 aromatic carbocycles. The number of hydrogen-bond acceptors (Lipinski definition) is 3. The standard InChI is InChI=1S/C9H8F2O3/c10-6-1-2-8(11)7(5-6)9(13)14-4-3-12/h1-2,5,12H,3-4H2. The van der Waals surface area contributed by atoms with Crippen LogP contribution in [0.25, 0.3) is 0 Å². The molecule has 1 aromatic rings. The van der Waals surface area contributed by atoms with Crippen LogP contribution in [0, 0.1) is 11.6 Å². The second-order valence-electron chi connectivity index (χ2n) is 2.48. The highest BCUT2D eigenvalue weighted by Crippen LogP contribution is 2.10. The van der Waals surface area contributed by atoms with Crippen LogP contribution in [0.4, 0.5) is 8.78 Å². The van der Waals surface area contributed by atoms with Gasteiger partial charge in [0.25, 0.3) is 0 Å². The molecule has 0 saturated heterocycles. The van der Waals surface area contributed by atoms with Crippen molar-refractivity contribution in [2.45, 2.75) is 0 Å². The summed E-state index contributed by atoms with van der Waals surface area (Å²) in [6.45, 7) is -0.600. The van der Waals surface area contributed by atoms with E-state index in [1.165, 1.54) is 0 Å². The number of hydrogen-bond donors (Lipinski definition) is 1. The van der Waals surface area contributed by atoms with Gasteiger partial charge in [0.05, 0.1) is 12.2 Å². The van der Waals surface area contributed by atoms with Crippen LogP contribution in [0.2, 0.25) is 0 Å². The Morgan fingerprint density at radius 1 is 1.43 bits per heavy atom. The summed E-state index contributed by atoms with van der Waals surface area (Å²) in [7, 11) is 0. The number of aliphatic hydroxyl groups is 1. The quantitative estimate of drug-likeness (QED) is 0.747. The lowest BCUT2D eigenvalue weighted by molar-refractivity contribution is 0.0428. The van der Waals surface area contributed by atoms with Gasteiger partial charge in [-0.15, -0.1) is 0 Å². The zero-order chi connectivity index (χ0) is 10.6. The van der Waals surface area contributed by atoms with E-state index in [2.05, 4.69) is 4.74 Å². The molecule has 0 aliphatic carbocycles. The summed E-state index contributed by atoms with van der Waals surface area (Å²) < 4.78 is 29.9. The van der Waals surface area contributed by atoms with Crippen molar-refractivity contribution in [2.75, 3.05) is 13.2 Å². The van der Waals surface area contributed by atoms with Crippen molar-refractivity contribution >= 4 is 5.97 Å². The third-order valence-corrected chi connectivity index (χ3v) is 1.47. The lowest BCUT2D eigenvalue weighted by Gasteiger charge is -2.03. The van der Waals surface area contributed by atoms with Gasteiger partial charge in [-0.3, -0.25) is 0 Å². The number of benzene rings is 1. The fourth-order valence-corrected chi connectivity index (χ4v) is 0.870. The van der Waals surface area contributed by atoms with Crippen molar-refractivity contribution in [3.63, 3.8) is 0 Å². The lowest BCUT2D eigenvalue weighted by Crippen LogP contribution is -2.10. The zero-order valence-corrected chi connectivity index (χ0v) is 7.17. The van der Waals surface area contributed by atoms with Crippen LogP contribution in [0.3, 0.4) is 0 Å². The minimum absolute atomic E-state index is 0.241. The molecule has 14 heavy (non-hydrogen) atoms. The molecule has 0 atom stereocenters. The lowest BCUT2D eigenvalue weighted by atomic mass is 10.2. The van der Waals surface area contributed by atoms with Crippen LogP contribution in [0.1, 0.15) is 10.4 Å². The van der Waals surface area contributed by atoms with Gasteiger partial charge in [0.2, 0.25) is 0 Å². The fraction of sp³-hybridized carbons (Fsp3) is 0.222. The largest absolute Gasteiger partial charge is 0.460 e. The molecule has 76 valence electrons. The van der Waals surface area contributed by atoms with E-state index >= 15 is 0 Å². The SMILES string of the molecule is O=C(OCCO)c1cc(F)ccc1F. The highest BCUT2D eigenvalue weighted by molar-refractivity contribution is 5.89. The van der Waals surface area contributed by atoms with Gasteiger partial charge >= 0.3 is 5.97 Å². The molecule has 3 nitrogen and oxygen atoms in total. The fourth-order valence-electron chi connectivity index (χ4n) is 0.870. The van der Waals surface area contributed by atoms with Crippen molar-refractivity contribution in [1.82, 2.24) is 0 Å². The van der Waals surface area contributed by atoms with Crippen LogP contribution >= 0.6 is 0 Å². The first-order valence-electron chi connectivity index (χ1n) is 3.88. The molecule has 1 rings (SSSR count). The monoisotopic (exact) mass is 202 g/mol. The molecule has 1 N–H and O–H groups in total. The van der Waals surface area contributed by atoms with Gasteiger partial charge in [0, 0.05) is 0 Å². The van der Waals surface area contributed by atoms with Gasteiger partial charge in [-0.1, -0.05) is 0 Å². The summed E-state index contributed by atoms with van der Waals surface area (Å²) in [4.78, 5) is 11.0. The van der Waals surface area contributed by atoms with E-state index in [0.717, 1.165) is 18.2 Å². The molecule has 0 radical (unpaired) electrons. The number of ether oxygens (including phenoxy) is 1. The Hall–Kier alpha value is -1.49. The zero-order valence-electron chi connectivity index (χ0n) is 7.17. The third kappa shape index (κ3) is 2.50. The molecule has 0 fully saturated rings. The number of esters is 1. The first kappa shape index (κ1) is 10.6. The summed E-state index contributed by atoms with van der Waals surface area (Å²) in [5.41, 5.74) is -0.474. The Bertz CT molecular complexity index is 339. The maximum atomic E-state index is 12.9. The Labute approximate surface area is 78.9 Å². The Balaban J connectivity index is 2.83. The first-order valence-corrected chi connectivity index (χ1v) is 3.88. The van der Waals surface area contributed by atoms with E-state index in [1.807, 2.05) is 0 Å². The number of halogens is 2. The molecule has 0 saturated carbocycles. The molecular formula is C9H8F2O3. The maximum Gasteiger partial charge on any atom is 0.341 e. The highest BCUT2D eigenvalue weighted by atomic mass is 19.1. The van der Waals surface area contributed by atoms with Gasteiger partial charge in [-0.05, 0) is 18.2 Å². The predicted octanol–water partition coefficient (Wildman–Crippen LogP) is 1.11. The van der Waals surface area contributed by atoms with E-state index in [9.17, 15) is 13.6 Å². The van der Waals surface area contributed by atoms with Crippen LogP contribution < -0.4 is 0 Å². The topological polar surface area (TPSA) is 46.5 Å². The van der Waals surface area contributed by atoms with Crippen molar-refractivity contribution < 1.29 is 23.4 Å². The van der Waals surface area contributed by atoms with Gasteiger partial charge in [-0.25, -0.2) is 13.6 Å². The van der Waals surface area contributed by atoms with Crippen molar-refractivity contribution in [1.29, 1.82) is 0 Å². The normalized spacial score (nSPS) is 9.93. The molecular weight excluding hydrogens is 194 g/mol. The van der Waals surface area contributed by atoms with Gasteiger partial charge < -0.3 is 9.84 Å².